The number of hydrogen-bond donors (Lipinski definition) is 2. The molecular formula is C13H11N6+. The lowest BCUT2D eigenvalue weighted by Gasteiger charge is -2.07. The third kappa shape index (κ3) is 1.36. The van der Waals surface area contributed by atoms with Crippen LogP contribution in [0, 0.1) is 0 Å². The van der Waals surface area contributed by atoms with E-state index in [4.69, 9.17) is 5.73 Å². The molecular weight excluding hydrogens is 240 g/mol. The van der Waals surface area contributed by atoms with Crippen LogP contribution < -0.4 is 5.73 Å². The monoisotopic (exact) mass is 251 g/mol. The van der Waals surface area contributed by atoms with Gasteiger partial charge >= 0.3 is 0 Å². The number of aromatic amines is 1. The number of fused-ring (bicyclic) bond motifs is 2. The molecule has 92 valence electrons. The van der Waals surface area contributed by atoms with Gasteiger partial charge in [-0.2, -0.15) is 4.98 Å². The first-order valence-electron chi connectivity index (χ1n) is 5.92. The molecule has 0 amide bonds. The van der Waals surface area contributed by atoms with Crippen LogP contribution in [-0.4, -0.2) is 26.7 Å². The number of azo groups is 2. The largest absolute Gasteiger partial charge is 0.368 e. The summed E-state index contributed by atoms with van der Waals surface area (Å²) in [4.78, 5) is 11.3. The second-order valence-electron chi connectivity index (χ2n) is 4.52. The van der Waals surface area contributed by atoms with Crippen LogP contribution in [0.5, 0.6) is 0 Å². The molecule has 0 radical (unpaired) electrons. The highest BCUT2D eigenvalue weighted by molar-refractivity contribution is 5.94. The Morgan fingerprint density at radius 3 is 3.05 bits per heavy atom. The molecule has 2 aromatic heterocycles. The van der Waals surface area contributed by atoms with Crippen molar-refractivity contribution in [1.29, 1.82) is 0 Å². The number of nitrogens with zero attached hydrogens (tertiary/aromatic N) is 4. The maximum Gasteiger partial charge on any atom is 0.263 e. The number of aromatic nitrogens is 3. The molecule has 4 rings (SSSR count). The van der Waals surface area contributed by atoms with Crippen molar-refractivity contribution in [3.8, 4) is 11.1 Å². The van der Waals surface area contributed by atoms with Gasteiger partial charge < -0.3 is 10.7 Å². The summed E-state index contributed by atoms with van der Waals surface area (Å²) in [5.74, 6) is 0.275. The van der Waals surface area contributed by atoms with Crippen molar-refractivity contribution < 1.29 is 4.70 Å². The zero-order valence-corrected chi connectivity index (χ0v) is 10.3. The molecule has 1 aliphatic rings. The molecule has 3 heterocycles. The molecule has 3 aromatic rings. The fourth-order valence-corrected chi connectivity index (χ4v) is 2.37. The Labute approximate surface area is 108 Å². The Morgan fingerprint density at radius 1 is 1.32 bits per heavy atom. The van der Waals surface area contributed by atoms with Crippen LogP contribution >= 0.6 is 0 Å². The second-order valence-corrected chi connectivity index (χ2v) is 4.52. The van der Waals surface area contributed by atoms with Gasteiger partial charge in [0.05, 0.1) is 0 Å². The van der Waals surface area contributed by atoms with E-state index in [9.17, 15) is 0 Å². The number of H-pyrrole nitrogens is 1. The minimum atomic E-state index is 0.275. The van der Waals surface area contributed by atoms with E-state index in [1.54, 1.807) is 6.20 Å². The Bertz CT molecular complexity index is 845. The quantitative estimate of drug-likeness (QED) is 0.652. The van der Waals surface area contributed by atoms with Gasteiger partial charge in [0.2, 0.25) is 11.6 Å². The van der Waals surface area contributed by atoms with Crippen molar-refractivity contribution >= 4 is 28.4 Å². The lowest BCUT2D eigenvalue weighted by molar-refractivity contribution is -0.494. The Hall–Kier alpha value is -2.76. The fraction of sp³-hybridized carbons (Fsp3) is 0.0769. The van der Waals surface area contributed by atoms with E-state index in [1.165, 1.54) is 0 Å². The highest BCUT2D eigenvalue weighted by Gasteiger charge is 2.25. The van der Waals surface area contributed by atoms with E-state index in [-0.39, 0.29) is 5.95 Å². The van der Waals surface area contributed by atoms with Gasteiger partial charge in [-0.05, 0) is 11.6 Å². The Kier molecular flexibility index (Phi) is 1.81. The van der Waals surface area contributed by atoms with Gasteiger partial charge in [-0.3, -0.25) is 0 Å². The molecule has 1 aliphatic heterocycles. The number of benzene rings is 1. The summed E-state index contributed by atoms with van der Waals surface area (Å²) in [6.45, 7) is 0. The average Bonchev–Trinajstić information content (AvgIpc) is 2.80. The van der Waals surface area contributed by atoms with Gasteiger partial charge in [0, 0.05) is 34.5 Å². The first-order chi connectivity index (χ1) is 9.22. The molecule has 0 saturated carbocycles. The normalized spacial score (nSPS) is 13.0. The van der Waals surface area contributed by atoms with Gasteiger partial charge in [-0.15, -0.1) is 0 Å². The smallest absolute Gasteiger partial charge is 0.263 e. The molecule has 1 aromatic carbocycles. The van der Waals surface area contributed by atoms with Crippen LogP contribution in [0.2, 0.25) is 0 Å². The van der Waals surface area contributed by atoms with Gasteiger partial charge in [0.25, 0.3) is 5.69 Å². The van der Waals surface area contributed by atoms with Crippen LogP contribution in [0.15, 0.2) is 35.7 Å². The number of hydrogen-bond acceptors (Lipinski definition) is 4. The molecule has 0 spiro atoms. The van der Waals surface area contributed by atoms with Gasteiger partial charge in [0.1, 0.15) is 5.65 Å². The molecule has 0 aliphatic carbocycles. The van der Waals surface area contributed by atoms with E-state index < -0.39 is 0 Å². The molecule has 0 fully saturated rings. The molecule has 0 bridgehead atoms. The van der Waals surface area contributed by atoms with E-state index in [1.807, 2.05) is 30.1 Å². The number of nitrogens with one attached hydrogen (secondary N) is 1. The van der Waals surface area contributed by atoms with Gasteiger partial charge in [-0.25, -0.2) is 4.98 Å². The van der Waals surface area contributed by atoms with E-state index in [0.717, 1.165) is 33.5 Å². The Balaban J connectivity index is 1.92. The predicted molar refractivity (Wildman–Crippen MR) is 71.7 cm³/mol. The summed E-state index contributed by atoms with van der Waals surface area (Å²) in [6, 6.07) is 6.18. The van der Waals surface area contributed by atoms with E-state index in [2.05, 4.69) is 26.1 Å². The highest BCUT2D eigenvalue weighted by atomic mass is 15.3. The van der Waals surface area contributed by atoms with Crippen molar-refractivity contribution in [2.24, 2.45) is 5.11 Å². The van der Waals surface area contributed by atoms with Gasteiger partial charge in [-0.1, -0.05) is 10.8 Å². The third-order valence-electron chi connectivity index (χ3n) is 3.34. The number of nitrogen functional groups attached to an aromatic ring is 1. The van der Waals surface area contributed by atoms with Crippen LogP contribution in [0.25, 0.3) is 22.2 Å². The van der Waals surface area contributed by atoms with E-state index >= 15 is 0 Å². The summed E-state index contributed by atoms with van der Waals surface area (Å²) in [7, 11) is 1.94. The SMILES string of the molecule is C[N+]1=Nc2ccc(-c3c[nH]c4nc(N)ncc34)cc21. The lowest BCUT2D eigenvalue weighted by atomic mass is 10.0. The molecule has 19 heavy (non-hydrogen) atoms. The Morgan fingerprint density at radius 2 is 2.21 bits per heavy atom. The van der Waals surface area contributed by atoms with Crippen molar-refractivity contribution in [3.05, 3.63) is 30.6 Å². The number of anilines is 1. The van der Waals surface area contributed by atoms with Crippen LogP contribution in [-0.2, 0) is 0 Å². The standard InChI is InChI=1S/C13H10N6/c1-19-11-4-7(2-3-10(11)18-19)8-5-15-12-9(8)6-16-13(14)17-12/h2-6H,1H3,(H2,14,16,17,18)/p+1. The molecule has 0 saturated heterocycles. The minimum Gasteiger partial charge on any atom is -0.368 e. The highest BCUT2D eigenvalue weighted by Crippen LogP contribution is 2.40. The van der Waals surface area contributed by atoms with Crippen molar-refractivity contribution in [2.75, 3.05) is 12.8 Å². The topological polar surface area (TPSA) is 83.0 Å². The second kappa shape index (κ2) is 3.38. The summed E-state index contributed by atoms with van der Waals surface area (Å²) in [6.07, 6.45) is 3.67. The third-order valence-corrected chi connectivity index (χ3v) is 3.34. The predicted octanol–water partition coefficient (Wildman–Crippen LogP) is 2.58. The zero-order valence-electron chi connectivity index (χ0n) is 10.3. The molecule has 0 atom stereocenters. The fourth-order valence-electron chi connectivity index (χ4n) is 2.37. The molecule has 3 N–H and O–H groups in total. The van der Waals surface area contributed by atoms with Crippen molar-refractivity contribution in [1.82, 2.24) is 15.0 Å². The van der Waals surface area contributed by atoms with Crippen LogP contribution in [0.4, 0.5) is 17.3 Å². The lowest BCUT2D eigenvalue weighted by Crippen LogP contribution is -2.02. The molecule has 0 unspecified atom stereocenters. The molecule has 6 nitrogen and oxygen atoms in total. The molecule has 6 heteroatoms. The minimum absolute atomic E-state index is 0.275. The van der Waals surface area contributed by atoms with Crippen molar-refractivity contribution in [2.45, 2.75) is 0 Å². The van der Waals surface area contributed by atoms with Crippen LogP contribution in [0.1, 0.15) is 0 Å². The van der Waals surface area contributed by atoms with Crippen LogP contribution in [0.3, 0.4) is 0 Å². The summed E-state index contributed by atoms with van der Waals surface area (Å²) in [5.41, 5.74) is 10.7. The summed E-state index contributed by atoms with van der Waals surface area (Å²) in [5, 5.41) is 5.23. The maximum absolute atomic E-state index is 5.58. The number of rotatable bonds is 1. The number of nitrogens with two attached hydrogens (primary N) is 1. The first-order valence-corrected chi connectivity index (χ1v) is 5.92. The first kappa shape index (κ1) is 10.2. The summed E-state index contributed by atoms with van der Waals surface area (Å²) >= 11 is 0. The summed E-state index contributed by atoms with van der Waals surface area (Å²) < 4.78 is 1.86. The maximum atomic E-state index is 5.58. The average molecular weight is 251 g/mol. The van der Waals surface area contributed by atoms with Crippen molar-refractivity contribution in [3.63, 3.8) is 0 Å². The van der Waals surface area contributed by atoms with Gasteiger partial charge in [0.15, 0.2) is 7.05 Å². The van der Waals surface area contributed by atoms with E-state index in [0.29, 0.717) is 0 Å². The zero-order chi connectivity index (χ0) is 13.0.